The number of hydrogen-bond donors (Lipinski definition) is 0. The summed E-state index contributed by atoms with van der Waals surface area (Å²) in [5, 5.41) is 0. The van der Waals surface area contributed by atoms with Crippen LogP contribution in [-0.4, -0.2) is 0 Å². The van der Waals surface area contributed by atoms with Gasteiger partial charge in [-0.2, -0.15) is 0 Å². The normalized spacial score (nSPS) is 27.8. The minimum absolute atomic E-state index is 0.619. The van der Waals surface area contributed by atoms with Crippen molar-refractivity contribution in [1.29, 1.82) is 0 Å². The van der Waals surface area contributed by atoms with E-state index < -0.39 is 0 Å². The van der Waals surface area contributed by atoms with E-state index in [4.69, 9.17) is 0 Å². The van der Waals surface area contributed by atoms with Crippen LogP contribution in [0, 0.1) is 33.5 Å². The second-order valence-electron chi connectivity index (χ2n) is 11.3. The third-order valence-corrected chi connectivity index (χ3v) is 7.30. The van der Waals surface area contributed by atoms with Crippen molar-refractivity contribution in [2.24, 2.45) is 33.5 Å². The number of hydrogen-bond acceptors (Lipinski definition) is 0. The van der Waals surface area contributed by atoms with Gasteiger partial charge in [-0.15, -0.1) is 0 Å². The number of rotatable bonds is 2. The third-order valence-electron chi connectivity index (χ3n) is 7.30. The van der Waals surface area contributed by atoms with Gasteiger partial charge in [0, 0.05) is 0 Å². The van der Waals surface area contributed by atoms with Crippen molar-refractivity contribution >= 4 is 0 Å². The van der Waals surface area contributed by atoms with Gasteiger partial charge in [0.1, 0.15) is 0 Å². The lowest BCUT2D eigenvalue weighted by molar-refractivity contribution is -0.0348. The molecule has 22 heavy (non-hydrogen) atoms. The molecule has 0 N–H and O–H groups in total. The standard InChI is InChI=1S/C12H24.C10H20/c1-10(2)12(5)8-6-11(3,4)7-9-12;1-8(2)10(5)6-9(3,4)7-10/h10H,6-9H2,1-5H3;8H,6-7H2,1-5H3. The monoisotopic (exact) mass is 308 g/mol. The van der Waals surface area contributed by atoms with Gasteiger partial charge in [0.2, 0.25) is 0 Å². The van der Waals surface area contributed by atoms with E-state index in [0.29, 0.717) is 21.7 Å². The van der Waals surface area contributed by atoms with Crippen LogP contribution < -0.4 is 0 Å². The smallest absolute Gasteiger partial charge is 0.0293 e. The Morgan fingerprint density at radius 1 is 0.500 bits per heavy atom. The zero-order chi connectivity index (χ0) is 17.4. The molecule has 0 amide bonds. The van der Waals surface area contributed by atoms with E-state index in [1.54, 1.807) is 0 Å². The van der Waals surface area contributed by atoms with Gasteiger partial charge >= 0.3 is 0 Å². The highest BCUT2D eigenvalue weighted by Crippen LogP contribution is 2.57. The van der Waals surface area contributed by atoms with Crippen LogP contribution in [0.2, 0.25) is 0 Å². The quantitative estimate of drug-likeness (QED) is 0.490. The second kappa shape index (κ2) is 6.48. The van der Waals surface area contributed by atoms with Crippen LogP contribution in [0.5, 0.6) is 0 Å². The lowest BCUT2D eigenvalue weighted by atomic mass is 9.51. The van der Waals surface area contributed by atoms with Crippen molar-refractivity contribution in [2.75, 3.05) is 0 Å². The van der Waals surface area contributed by atoms with Gasteiger partial charge in [-0.25, -0.2) is 0 Å². The molecule has 0 aromatic heterocycles. The molecule has 0 spiro atoms. The topological polar surface area (TPSA) is 0 Å². The van der Waals surface area contributed by atoms with Gasteiger partial charge < -0.3 is 0 Å². The van der Waals surface area contributed by atoms with Crippen LogP contribution >= 0.6 is 0 Å². The molecule has 2 rings (SSSR count). The van der Waals surface area contributed by atoms with E-state index in [0.717, 1.165) is 11.8 Å². The summed E-state index contributed by atoms with van der Waals surface area (Å²) in [6.45, 7) is 23.9. The molecule has 0 nitrogen and oxygen atoms in total. The van der Waals surface area contributed by atoms with Crippen molar-refractivity contribution in [3.63, 3.8) is 0 Å². The van der Waals surface area contributed by atoms with Crippen LogP contribution in [0.1, 0.15) is 108 Å². The van der Waals surface area contributed by atoms with Crippen molar-refractivity contribution in [3.05, 3.63) is 0 Å². The first-order chi connectivity index (χ1) is 9.72. The highest BCUT2D eigenvalue weighted by Gasteiger charge is 2.47. The Hall–Kier alpha value is 0. The lowest BCUT2D eigenvalue weighted by Crippen LogP contribution is -2.44. The molecular formula is C22H44. The fraction of sp³-hybridized carbons (Fsp3) is 1.00. The molecule has 0 heteroatoms. The highest BCUT2D eigenvalue weighted by molar-refractivity contribution is 4.97. The maximum absolute atomic E-state index is 2.47. The minimum Gasteiger partial charge on any atom is -0.0623 e. The van der Waals surface area contributed by atoms with Crippen molar-refractivity contribution in [3.8, 4) is 0 Å². The third kappa shape index (κ3) is 5.00. The summed E-state index contributed by atoms with van der Waals surface area (Å²) in [6.07, 6.45) is 8.52. The molecule has 0 bridgehead atoms. The molecule has 0 saturated heterocycles. The van der Waals surface area contributed by atoms with E-state index in [2.05, 4.69) is 69.2 Å². The van der Waals surface area contributed by atoms with Crippen LogP contribution in [0.3, 0.4) is 0 Å². The molecule has 2 saturated carbocycles. The Morgan fingerprint density at radius 2 is 0.864 bits per heavy atom. The Bertz CT molecular complexity index is 338. The molecule has 0 aliphatic heterocycles. The van der Waals surface area contributed by atoms with Crippen molar-refractivity contribution in [1.82, 2.24) is 0 Å². The van der Waals surface area contributed by atoms with Crippen molar-refractivity contribution in [2.45, 2.75) is 108 Å². The second-order valence-corrected chi connectivity index (χ2v) is 11.3. The summed E-state index contributed by atoms with van der Waals surface area (Å²) in [4.78, 5) is 0. The average molecular weight is 309 g/mol. The fourth-order valence-corrected chi connectivity index (χ4v) is 4.62. The molecule has 0 unspecified atom stereocenters. The van der Waals surface area contributed by atoms with Crippen LogP contribution in [0.25, 0.3) is 0 Å². The predicted octanol–water partition coefficient (Wildman–Crippen LogP) is 7.72. The molecule has 0 aromatic carbocycles. The van der Waals surface area contributed by atoms with E-state index in [9.17, 15) is 0 Å². The summed E-state index contributed by atoms with van der Waals surface area (Å²) < 4.78 is 0. The lowest BCUT2D eigenvalue weighted by Gasteiger charge is -2.54. The molecule has 0 heterocycles. The molecule has 0 radical (unpaired) electrons. The summed E-state index contributed by atoms with van der Waals surface area (Å²) in [7, 11) is 0. The molecule has 0 aromatic rings. The molecule has 2 aliphatic rings. The summed E-state index contributed by atoms with van der Waals surface area (Å²) in [6, 6.07) is 0. The first kappa shape index (κ1) is 20.0. The first-order valence-electron chi connectivity index (χ1n) is 9.72. The SMILES string of the molecule is CC(C)C1(C)CC(C)(C)C1.CC(C)C1(C)CCC(C)(C)CC1. The Morgan fingerprint density at radius 3 is 1.09 bits per heavy atom. The van der Waals surface area contributed by atoms with Crippen LogP contribution in [-0.2, 0) is 0 Å². The fourth-order valence-electron chi connectivity index (χ4n) is 4.62. The largest absolute Gasteiger partial charge is 0.0623 e. The van der Waals surface area contributed by atoms with E-state index >= 15 is 0 Å². The van der Waals surface area contributed by atoms with Gasteiger partial charge in [0.15, 0.2) is 0 Å². The molecule has 2 aliphatic carbocycles. The van der Waals surface area contributed by atoms with Crippen LogP contribution in [0.4, 0.5) is 0 Å². The van der Waals surface area contributed by atoms with Gasteiger partial charge in [-0.05, 0) is 72.0 Å². The summed E-state index contributed by atoms with van der Waals surface area (Å²) in [5.41, 5.74) is 2.55. The average Bonchev–Trinajstić information content (AvgIpc) is 2.31. The molecular weight excluding hydrogens is 264 g/mol. The van der Waals surface area contributed by atoms with E-state index in [1.165, 1.54) is 38.5 Å². The van der Waals surface area contributed by atoms with Gasteiger partial charge in [0.05, 0.1) is 0 Å². The van der Waals surface area contributed by atoms with E-state index in [-0.39, 0.29) is 0 Å². The Labute approximate surface area is 141 Å². The summed E-state index contributed by atoms with van der Waals surface area (Å²) >= 11 is 0. The zero-order valence-corrected chi connectivity index (χ0v) is 17.4. The molecule has 2 fully saturated rings. The van der Waals surface area contributed by atoms with Crippen molar-refractivity contribution < 1.29 is 0 Å². The maximum atomic E-state index is 2.47. The zero-order valence-electron chi connectivity index (χ0n) is 17.4. The Balaban J connectivity index is 0.000000224. The predicted molar refractivity (Wildman–Crippen MR) is 101 cm³/mol. The Kier molecular flexibility index (Phi) is 5.91. The highest BCUT2D eigenvalue weighted by atomic mass is 14.5. The van der Waals surface area contributed by atoms with Gasteiger partial charge in [-0.3, -0.25) is 0 Å². The summed E-state index contributed by atoms with van der Waals surface area (Å²) in [5.74, 6) is 1.72. The molecule has 0 atom stereocenters. The molecule has 132 valence electrons. The minimum atomic E-state index is 0.619. The van der Waals surface area contributed by atoms with E-state index in [1.807, 2.05) is 0 Å². The first-order valence-corrected chi connectivity index (χ1v) is 9.72. The van der Waals surface area contributed by atoms with Gasteiger partial charge in [-0.1, -0.05) is 69.2 Å². The van der Waals surface area contributed by atoms with Crippen LogP contribution in [0.15, 0.2) is 0 Å². The van der Waals surface area contributed by atoms with Gasteiger partial charge in [0.25, 0.3) is 0 Å². The maximum Gasteiger partial charge on any atom is -0.0293 e.